The number of rotatable bonds is 19. The van der Waals surface area contributed by atoms with Crippen molar-refractivity contribution in [3.8, 4) is 23.0 Å². The van der Waals surface area contributed by atoms with Crippen LogP contribution in [0.3, 0.4) is 0 Å². The van der Waals surface area contributed by atoms with Gasteiger partial charge in [-0.1, -0.05) is 48.9 Å². The minimum atomic E-state index is -0.550. The quantitative estimate of drug-likeness (QED) is 0.0318. The molecule has 0 atom stereocenters. The highest BCUT2D eigenvalue weighted by atomic mass is 35.5. The summed E-state index contributed by atoms with van der Waals surface area (Å²) in [5, 5.41) is 9.06. The number of nitrogens with one attached hydrogen (secondary N) is 2. The second-order valence-corrected chi connectivity index (χ2v) is 12.7. The van der Waals surface area contributed by atoms with Gasteiger partial charge in [-0.2, -0.15) is 10.2 Å². The Morgan fingerprint density at radius 3 is 1.28 bits per heavy atom. The van der Waals surface area contributed by atoms with E-state index in [0.717, 1.165) is 25.7 Å². The van der Waals surface area contributed by atoms with E-state index in [0.29, 0.717) is 69.5 Å². The number of carbonyl (C=O) groups excluding carboxylic acids is 4. The lowest BCUT2D eigenvalue weighted by Gasteiger charge is -2.10. The number of ether oxygens (including phenoxy) is 4. The number of hydrazone groups is 2. The second-order valence-electron chi connectivity index (χ2n) is 11.8. The summed E-state index contributed by atoms with van der Waals surface area (Å²) in [5.74, 6) is -0.346. The number of benzene rings is 4. The predicted octanol–water partition coefficient (Wildman–Crippen LogP) is 8.17. The van der Waals surface area contributed by atoms with Crippen molar-refractivity contribution < 1.29 is 38.1 Å². The topological polar surface area (TPSA) is 154 Å². The van der Waals surface area contributed by atoms with Gasteiger partial charge in [0, 0.05) is 22.9 Å². The van der Waals surface area contributed by atoms with Crippen LogP contribution in [0.15, 0.2) is 95.1 Å². The first kappa shape index (κ1) is 41.0. The molecule has 12 nitrogen and oxygen atoms in total. The molecule has 0 saturated carbocycles. The highest BCUT2D eigenvalue weighted by Crippen LogP contribution is 2.30. The molecule has 14 heteroatoms. The number of unbranched alkanes of at least 4 members (excludes halogenated alkanes) is 5. The molecule has 54 heavy (non-hydrogen) atoms. The maximum Gasteiger partial charge on any atom is 0.343 e. The highest BCUT2D eigenvalue weighted by Gasteiger charge is 2.14. The Morgan fingerprint density at radius 1 is 0.537 bits per heavy atom. The molecule has 0 aliphatic heterocycles. The molecule has 4 rings (SSSR count). The van der Waals surface area contributed by atoms with Crippen molar-refractivity contribution in [2.24, 2.45) is 10.2 Å². The molecule has 4 aromatic rings. The number of hydrogen-bond donors (Lipinski definition) is 2. The Hall–Kier alpha value is -5.72. The van der Waals surface area contributed by atoms with Crippen molar-refractivity contribution in [2.45, 2.75) is 51.4 Å². The van der Waals surface area contributed by atoms with Gasteiger partial charge >= 0.3 is 11.9 Å². The normalized spacial score (nSPS) is 11.0. The first-order chi connectivity index (χ1) is 26.1. The number of esters is 2. The molecule has 0 unspecified atom stereocenters. The summed E-state index contributed by atoms with van der Waals surface area (Å²) in [5.41, 5.74) is 7.03. The molecule has 0 heterocycles. The van der Waals surface area contributed by atoms with Gasteiger partial charge in [0.25, 0.3) is 0 Å². The van der Waals surface area contributed by atoms with Crippen LogP contribution in [0.5, 0.6) is 23.0 Å². The molecule has 0 bridgehead atoms. The monoisotopic (exact) mass is 774 g/mol. The Kier molecular flexibility index (Phi) is 16.5. The van der Waals surface area contributed by atoms with E-state index in [4.69, 9.17) is 42.1 Å². The SMILES string of the molecule is COc1cc(C=NNC(=O)CCCCCCCCC(=O)NN=Cc2ccc(OC(=O)c3ccc(Cl)cc3)c(OC)c2)ccc1OC(=O)c1ccc(Cl)cc1. The van der Waals surface area contributed by atoms with Crippen LogP contribution in [-0.4, -0.2) is 50.4 Å². The molecule has 0 fully saturated rings. The third-order valence-electron chi connectivity index (χ3n) is 7.80. The third kappa shape index (κ3) is 13.7. The number of hydrogen-bond acceptors (Lipinski definition) is 10. The Balaban J connectivity index is 1.06. The largest absolute Gasteiger partial charge is 0.493 e. The average molecular weight is 776 g/mol. The van der Waals surface area contributed by atoms with Crippen molar-refractivity contribution in [3.63, 3.8) is 0 Å². The Labute approximate surface area is 323 Å². The van der Waals surface area contributed by atoms with Crippen molar-refractivity contribution in [2.75, 3.05) is 14.2 Å². The zero-order valence-corrected chi connectivity index (χ0v) is 31.3. The van der Waals surface area contributed by atoms with Gasteiger partial charge in [-0.05, 0) is 109 Å². The lowest BCUT2D eigenvalue weighted by atomic mass is 10.1. The standard InChI is InChI=1S/C40H40Cl2N4O8/c1-51-35-23-27(11-21-33(35)53-39(49)29-13-17-31(41)18-14-29)25-43-45-37(47)9-7-5-3-4-6-8-10-38(48)46-44-26-28-12-22-34(36(24-28)52-2)54-40(50)30-15-19-32(42)20-16-30/h11-26H,3-10H2,1-2H3,(H,45,47)(H,46,48). The molecule has 0 aliphatic carbocycles. The molecule has 0 saturated heterocycles. The van der Waals surface area contributed by atoms with Gasteiger partial charge < -0.3 is 18.9 Å². The van der Waals surface area contributed by atoms with E-state index in [1.807, 2.05) is 0 Å². The van der Waals surface area contributed by atoms with Gasteiger partial charge in [0.05, 0.1) is 37.8 Å². The van der Waals surface area contributed by atoms with Crippen LogP contribution in [0, 0.1) is 0 Å². The van der Waals surface area contributed by atoms with E-state index in [2.05, 4.69) is 21.1 Å². The fourth-order valence-corrected chi connectivity index (χ4v) is 5.19. The maximum atomic E-state index is 12.4. The van der Waals surface area contributed by atoms with Crippen molar-refractivity contribution in [1.29, 1.82) is 0 Å². The molecule has 2 N–H and O–H groups in total. The molecule has 0 spiro atoms. The van der Waals surface area contributed by atoms with E-state index in [9.17, 15) is 19.2 Å². The number of halogens is 2. The van der Waals surface area contributed by atoms with Crippen LogP contribution in [-0.2, 0) is 9.59 Å². The summed E-state index contributed by atoms with van der Waals surface area (Å²) in [6.07, 6.45) is 8.71. The molecule has 2 amide bonds. The molecular weight excluding hydrogens is 735 g/mol. The number of amides is 2. The summed E-state index contributed by atoms with van der Waals surface area (Å²) in [6.45, 7) is 0. The van der Waals surface area contributed by atoms with Crippen molar-refractivity contribution in [3.05, 3.63) is 117 Å². The van der Waals surface area contributed by atoms with E-state index in [1.54, 1.807) is 84.9 Å². The van der Waals surface area contributed by atoms with Crippen LogP contribution >= 0.6 is 23.2 Å². The van der Waals surface area contributed by atoms with E-state index < -0.39 is 11.9 Å². The number of nitrogens with zero attached hydrogens (tertiary/aromatic N) is 2. The van der Waals surface area contributed by atoms with E-state index in [-0.39, 0.29) is 23.3 Å². The fraction of sp³-hybridized carbons (Fsp3) is 0.250. The van der Waals surface area contributed by atoms with Gasteiger partial charge in [-0.15, -0.1) is 0 Å². The van der Waals surface area contributed by atoms with Gasteiger partial charge in [0.1, 0.15) is 0 Å². The molecule has 0 aliphatic rings. The number of methoxy groups -OCH3 is 2. The van der Waals surface area contributed by atoms with Gasteiger partial charge in [0.15, 0.2) is 23.0 Å². The second kappa shape index (κ2) is 21.7. The molecule has 4 aromatic carbocycles. The summed E-state index contributed by atoms with van der Waals surface area (Å²) < 4.78 is 21.6. The Bertz CT molecular complexity index is 1810. The third-order valence-corrected chi connectivity index (χ3v) is 8.31. The molecule has 282 valence electrons. The molecular formula is C40H40Cl2N4O8. The summed E-state index contributed by atoms with van der Waals surface area (Å²) in [6, 6.07) is 22.5. The highest BCUT2D eigenvalue weighted by molar-refractivity contribution is 6.31. The molecule has 0 aromatic heterocycles. The lowest BCUT2D eigenvalue weighted by molar-refractivity contribution is -0.122. The van der Waals surface area contributed by atoms with Crippen molar-refractivity contribution >= 4 is 59.4 Å². The van der Waals surface area contributed by atoms with E-state index in [1.165, 1.54) is 26.6 Å². The number of carbonyl (C=O) groups is 4. The van der Waals surface area contributed by atoms with Crippen LogP contribution in [0.4, 0.5) is 0 Å². The van der Waals surface area contributed by atoms with Crippen LogP contribution in [0.25, 0.3) is 0 Å². The van der Waals surface area contributed by atoms with Crippen molar-refractivity contribution in [1.82, 2.24) is 10.9 Å². The zero-order valence-electron chi connectivity index (χ0n) is 29.8. The van der Waals surface area contributed by atoms with Gasteiger partial charge in [0.2, 0.25) is 11.8 Å². The van der Waals surface area contributed by atoms with Crippen LogP contribution in [0.2, 0.25) is 10.0 Å². The fourth-order valence-electron chi connectivity index (χ4n) is 4.93. The summed E-state index contributed by atoms with van der Waals surface area (Å²) in [7, 11) is 2.92. The average Bonchev–Trinajstić information content (AvgIpc) is 3.17. The lowest BCUT2D eigenvalue weighted by Crippen LogP contribution is -2.17. The maximum absolute atomic E-state index is 12.4. The summed E-state index contributed by atoms with van der Waals surface area (Å²) in [4.78, 5) is 49.3. The van der Waals surface area contributed by atoms with Gasteiger partial charge in [-0.25, -0.2) is 20.4 Å². The molecule has 0 radical (unpaired) electrons. The van der Waals surface area contributed by atoms with Crippen LogP contribution in [0.1, 0.15) is 83.2 Å². The summed E-state index contributed by atoms with van der Waals surface area (Å²) >= 11 is 11.8. The van der Waals surface area contributed by atoms with Gasteiger partial charge in [-0.3, -0.25) is 9.59 Å². The predicted molar refractivity (Wildman–Crippen MR) is 207 cm³/mol. The first-order valence-corrected chi connectivity index (χ1v) is 17.9. The van der Waals surface area contributed by atoms with E-state index >= 15 is 0 Å². The Morgan fingerprint density at radius 2 is 0.907 bits per heavy atom. The smallest absolute Gasteiger partial charge is 0.343 e. The first-order valence-electron chi connectivity index (χ1n) is 17.1. The zero-order chi connectivity index (χ0) is 38.7. The minimum absolute atomic E-state index is 0.198. The van der Waals surface area contributed by atoms with Crippen LogP contribution < -0.4 is 29.8 Å². The minimum Gasteiger partial charge on any atom is -0.493 e.